The van der Waals surface area contributed by atoms with Gasteiger partial charge in [-0.15, -0.1) is 10.2 Å². The lowest BCUT2D eigenvalue weighted by molar-refractivity contribution is 0.759. The maximum atomic E-state index is 4.63. The minimum absolute atomic E-state index is 0.926. The van der Waals surface area contributed by atoms with E-state index in [-0.39, 0.29) is 0 Å². The number of aromatic nitrogens is 3. The highest BCUT2D eigenvalue weighted by atomic mass is 15.5. The van der Waals surface area contributed by atoms with Crippen LogP contribution in [0.2, 0.25) is 0 Å². The molecule has 22 heavy (non-hydrogen) atoms. The van der Waals surface area contributed by atoms with Crippen molar-refractivity contribution in [2.75, 3.05) is 0 Å². The molecule has 0 saturated heterocycles. The van der Waals surface area contributed by atoms with E-state index in [1.54, 1.807) is 4.80 Å². The Labute approximate surface area is 127 Å². The van der Waals surface area contributed by atoms with Gasteiger partial charge >= 0.3 is 0 Å². The predicted molar refractivity (Wildman–Crippen MR) is 87.1 cm³/mol. The molecule has 4 aromatic rings. The molecule has 1 aromatic heterocycles. The van der Waals surface area contributed by atoms with Crippen LogP contribution in [0.1, 0.15) is 11.1 Å². The fourth-order valence-electron chi connectivity index (χ4n) is 3.30. The number of hydrogen-bond donors (Lipinski definition) is 0. The number of benzene rings is 3. The van der Waals surface area contributed by atoms with Crippen LogP contribution in [-0.4, -0.2) is 15.0 Å². The lowest BCUT2D eigenvalue weighted by Crippen LogP contribution is -2.02. The Morgan fingerprint density at radius 3 is 2.18 bits per heavy atom. The Hall–Kier alpha value is -2.94. The SMILES string of the molecule is c1ccc2c(c1)Cc1c-2cccc1-n1nc2ccccc2n1. The minimum atomic E-state index is 0.926. The van der Waals surface area contributed by atoms with Crippen molar-refractivity contribution in [2.24, 2.45) is 0 Å². The highest BCUT2D eigenvalue weighted by Gasteiger charge is 2.22. The molecule has 0 unspecified atom stereocenters. The van der Waals surface area contributed by atoms with Gasteiger partial charge in [-0.05, 0) is 40.5 Å². The van der Waals surface area contributed by atoms with E-state index in [0.29, 0.717) is 0 Å². The summed E-state index contributed by atoms with van der Waals surface area (Å²) in [5.41, 5.74) is 8.24. The third kappa shape index (κ3) is 1.56. The zero-order valence-electron chi connectivity index (χ0n) is 11.9. The van der Waals surface area contributed by atoms with Crippen LogP contribution in [-0.2, 0) is 6.42 Å². The largest absolute Gasteiger partial charge is 0.150 e. The molecule has 3 aromatic carbocycles. The second-order valence-corrected chi connectivity index (χ2v) is 5.62. The van der Waals surface area contributed by atoms with Crippen LogP contribution in [0.25, 0.3) is 27.8 Å². The Morgan fingerprint density at radius 1 is 0.682 bits per heavy atom. The third-order valence-electron chi connectivity index (χ3n) is 4.33. The van der Waals surface area contributed by atoms with E-state index in [1.807, 2.05) is 24.3 Å². The molecule has 5 rings (SSSR count). The zero-order valence-corrected chi connectivity index (χ0v) is 11.9. The van der Waals surface area contributed by atoms with Crippen LogP contribution >= 0.6 is 0 Å². The summed E-state index contributed by atoms with van der Waals surface area (Å²) >= 11 is 0. The van der Waals surface area contributed by atoms with Gasteiger partial charge in [0.1, 0.15) is 11.0 Å². The van der Waals surface area contributed by atoms with Gasteiger partial charge in [-0.3, -0.25) is 0 Å². The Bertz CT molecular complexity index is 981. The first-order valence-electron chi connectivity index (χ1n) is 7.43. The molecule has 0 fully saturated rings. The summed E-state index contributed by atoms with van der Waals surface area (Å²) < 4.78 is 0. The van der Waals surface area contributed by atoms with Gasteiger partial charge in [-0.25, -0.2) is 0 Å². The van der Waals surface area contributed by atoms with Gasteiger partial charge < -0.3 is 0 Å². The fraction of sp³-hybridized carbons (Fsp3) is 0.0526. The number of rotatable bonds is 1. The van der Waals surface area contributed by atoms with E-state index >= 15 is 0 Å². The van der Waals surface area contributed by atoms with Gasteiger partial charge in [0.05, 0.1) is 5.69 Å². The van der Waals surface area contributed by atoms with Crippen molar-refractivity contribution in [1.29, 1.82) is 0 Å². The van der Waals surface area contributed by atoms with E-state index < -0.39 is 0 Å². The number of fused-ring (bicyclic) bond motifs is 4. The molecule has 0 atom stereocenters. The van der Waals surface area contributed by atoms with Gasteiger partial charge in [0.25, 0.3) is 0 Å². The van der Waals surface area contributed by atoms with Gasteiger partial charge in [-0.2, -0.15) is 4.80 Å². The lowest BCUT2D eigenvalue weighted by atomic mass is 10.1. The van der Waals surface area contributed by atoms with E-state index in [2.05, 4.69) is 52.7 Å². The summed E-state index contributed by atoms with van der Waals surface area (Å²) in [5, 5.41) is 9.26. The van der Waals surface area contributed by atoms with Crippen LogP contribution < -0.4 is 0 Å². The summed E-state index contributed by atoms with van der Waals surface area (Å²) in [6.45, 7) is 0. The second-order valence-electron chi connectivity index (χ2n) is 5.62. The van der Waals surface area contributed by atoms with Gasteiger partial charge in [-0.1, -0.05) is 48.5 Å². The molecule has 1 aliphatic carbocycles. The van der Waals surface area contributed by atoms with Gasteiger partial charge in [0.2, 0.25) is 0 Å². The van der Waals surface area contributed by atoms with Crippen LogP contribution in [0.15, 0.2) is 66.7 Å². The highest BCUT2D eigenvalue weighted by Crippen LogP contribution is 2.39. The first-order chi connectivity index (χ1) is 10.9. The van der Waals surface area contributed by atoms with Crippen molar-refractivity contribution in [3.8, 4) is 16.8 Å². The molecular weight excluding hydrogens is 270 g/mol. The van der Waals surface area contributed by atoms with Crippen LogP contribution in [0.4, 0.5) is 0 Å². The molecule has 104 valence electrons. The van der Waals surface area contributed by atoms with Crippen LogP contribution in [0.3, 0.4) is 0 Å². The monoisotopic (exact) mass is 283 g/mol. The zero-order chi connectivity index (χ0) is 14.5. The molecular formula is C19H13N3. The first kappa shape index (κ1) is 11.7. The quantitative estimate of drug-likeness (QED) is 0.465. The minimum Gasteiger partial charge on any atom is -0.150 e. The first-order valence-corrected chi connectivity index (χ1v) is 7.43. The molecule has 3 nitrogen and oxygen atoms in total. The maximum Gasteiger partial charge on any atom is 0.113 e. The molecule has 0 N–H and O–H groups in total. The summed E-state index contributed by atoms with van der Waals surface area (Å²) in [6, 6.07) is 22.9. The molecule has 0 amide bonds. The summed E-state index contributed by atoms with van der Waals surface area (Å²) in [4.78, 5) is 1.77. The smallest absolute Gasteiger partial charge is 0.113 e. The van der Waals surface area contributed by atoms with Crippen molar-refractivity contribution in [2.45, 2.75) is 6.42 Å². The number of hydrogen-bond acceptors (Lipinski definition) is 2. The van der Waals surface area contributed by atoms with Crippen molar-refractivity contribution in [3.63, 3.8) is 0 Å². The third-order valence-corrected chi connectivity index (χ3v) is 4.33. The molecule has 0 spiro atoms. The van der Waals surface area contributed by atoms with Crippen molar-refractivity contribution >= 4 is 11.0 Å². The topological polar surface area (TPSA) is 30.7 Å². The van der Waals surface area contributed by atoms with E-state index in [0.717, 1.165) is 23.1 Å². The molecule has 0 bridgehead atoms. The highest BCUT2D eigenvalue weighted by molar-refractivity contribution is 5.80. The van der Waals surface area contributed by atoms with Crippen molar-refractivity contribution in [1.82, 2.24) is 15.0 Å². The summed E-state index contributed by atoms with van der Waals surface area (Å²) in [5.74, 6) is 0. The van der Waals surface area contributed by atoms with Crippen molar-refractivity contribution < 1.29 is 0 Å². The van der Waals surface area contributed by atoms with Crippen LogP contribution in [0.5, 0.6) is 0 Å². The maximum absolute atomic E-state index is 4.63. The lowest BCUT2D eigenvalue weighted by Gasteiger charge is -2.06. The Kier molecular flexibility index (Phi) is 2.27. The number of nitrogens with zero attached hydrogens (tertiary/aromatic N) is 3. The molecule has 1 aliphatic rings. The molecule has 0 aliphatic heterocycles. The second kappa shape index (κ2) is 4.28. The van der Waals surface area contributed by atoms with Crippen molar-refractivity contribution in [3.05, 3.63) is 77.9 Å². The van der Waals surface area contributed by atoms with E-state index in [9.17, 15) is 0 Å². The average molecular weight is 283 g/mol. The van der Waals surface area contributed by atoms with Gasteiger partial charge in [0.15, 0.2) is 0 Å². The fourth-order valence-corrected chi connectivity index (χ4v) is 3.30. The van der Waals surface area contributed by atoms with Gasteiger partial charge in [0, 0.05) is 6.42 Å². The summed E-state index contributed by atoms with van der Waals surface area (Å²) in [7, 11) is 0. The Morgan fingerprint density at radius 2 is 1.36 bits per heavy atom. The molecule has 0 radical (unpaired) electrons. The van der Waals surface area contributed by atoms with E-state index in [1.165, 1.54) is 22.3 Å². The molecule has 0 saturated carbocycles. The standard InChI is InChI=1S/C19H13N3/c1-2-7-14-13(6-1)12-16-15(14)8-5-11-19(16)22-20-17-9-3-4-10-18(17)21-22/h1-11H,12H2. The summed E-state index contributed by atoms with van der Waals surface area (Å²) in [6.07, 6.45) is 0.944. The van der Waals surface area contributed by atoms with E-state index in [4.69, 9.17) is 0 Å². The van der Waals surface area contributed by atoms with Crippen LogP contribution in [0, 0.1) is 0 Å². The normalized spacial score (nSPS) is 12.4. The average Bonchev–Trinajstić information content (AvgIpc) is 3.15. The molecule has 1 heterocycles. The predicted octanol–water partition coefficient (Wildman–Crippen LogP) is 3.99. The Balaban J connectivity index is 1.74. The molecule has 3 heteroatoms.